The Hall–Kier alpha value is -2.22. The summed E-state index contributed by atoms with van der Waals surface area (Å²) in [7, 11) is 0. The lowest BCUT2D eigenvalue weighted by Gasteiger charge is -2.15. The molecule has 0 radical (unpaired) electrons. The average molecular weight is 285 g/mol. The predicted molar refractivity (Wildman–Crippen MR) is 65.6 cm³/mol. The lowest BCUT2D eigenvalue weighted by molar-refractivity contribution is -0.385. The Morgan fingerprint density at radius 3 is 2.79 bits per heavy atom. The number of amides is 2. The van der Waals surface area contributed by atoms with Crippen molar-refractivity contribution >= 4 is 34.9 Å². The van der Waals surface area contributed by atoms with Crippen molar-refractivity contribution in [3.8, 4) is 0 Å². The van der Waals surface area contributed by atoms with E-state index < -0.39 is 16.7 Å². The summed E-state index contributed by atoms with van der Waals surface area (Å²) in [4.78, 5) is 37.7. The van der Waals surface area contributed by atoms with Gasteiger partial charge in [0, 0.05) is 19.0 Å². The topological polar surface area (TPSA) is 119 Å². The number of anilines is 1. The molecule has 0 bridgehead atoms. The van der Waals surface area contributed by atoms with Crippen molar-refractivity contribution in [1.82, 2.24) is 4.98 Å². The van der Waals surface area contributed by atoms with Crippen LogP contribution in [0.3, 0.4) is 0 Å². The van der Waals surface area contributed by atoms with Gasteiger partial charge in [-0.2, -0.15) is 0 Å². The maximum Gasteiger partial charge on any atom is 0.289 e. The van der Waals surface area contributed by atoms with Gasteiger partial charge in [-0.3, -0.25) is 24.6 Å². The quantitative estimate of drug-likeness (QED) is 0.639. The zero-order valence-electron chi connectivity index (χ0n) is 9.58. The second-order valence-corrected chi connectivity index (χ2v) is 4.47. The number of nitrogens with two attached hydrogens (primary N) is 1. The molecule has 1 atom stereocenters. The van der Waals surface area contributed by atoms with Crippen LogP contribution in [0.15, 0.2) is 12.3 Å². The monoisotopic (exact) mass is 284 g/mol. The van der Waals surface area contributed by atoms with E-state index in [1.807, 2.05) is 0 Å². The summed E-state index contributed by atoms with van der Waals surface area (Å²) in [5.41, 5.74) is 4.87. The Morgan fingerprint density at radius 2 is 2.32 bits per heavy atom. The second kappa shape index (κ2) is 4.81. The van der Waals surface area contributed by atoms with Crippen molar-refractivity contribution in [3.05, 3.63) is 27.4 Å². The zero-order chi connectivity index (χ0) is 14.2. The van der Waals surface area contributed by atoms with Gasteiger partial charge in [-0.1, -0.05) is 11.6 Å². The molecule has 1 unspecified atom stereocenters. The van der Waals surface area contributed by atoms with Gasteiger partial charge in [0.1, 0.15) is 6.20 Å². The SMILES string of the molecule is NC(=O)C1CC(=O)N(c2ncc([N+](=O)[O-])cc2Cl)C1. The van der Waals surface area contributed by atoms with Crippen molar-refractivity contribution in [1.29, 1.82) is 0 Å². The molecule has 19 heavy (non-hydrogen) atoms. The molecular weight excluding hydrogens is 276 g/mol. The Balaban J connectivity index is 2.30. The number of rotatable bonds is 3. The van der Waals surface area contributed by atoms with Gasteiger partial charge < -0.3 is 5.73 Å². The molecule has 9 heteroatoms. The number of nitro groups is 1. The highest BCUT2D eigenvalue weighted by Crippen LogP contribution is 2.31. The van der Waals surface area contributed by atoms with Crippen LogP contribution >= 0.6 is 11.6 Å². The van der Waals surface area contributed by atoms with Crippen molar-refractivity contribution in [3.63, 3.8) is 0 Å². The normalized spacial score (nSPS) is 18.7. The van der Waals surface area contributed by atoms with Crippen LogP contribution in [-0.4, -0.2) is 28.3 Å². The molecule has 1 aromatic rings. The molecule has 1 saturated heterocycles. The zero-order valence-corrected chi connectivity index (χ0v) is 10.3. The molecule has 8 nitrogen and oxygen atoms in total. The number of carbonyl (C=O) groups is 2. The molecule has 0 spiro atoms. The number of carbonyl (C=O) groups excluding carboxylic acids is 2. The van der Waals surface area contributed by atoms with Gasteiger partial charge in [-0.15, -0.1) is 0 Å². The molecule has 1 aliphatic heterocycles. The fourth-order valence-electron chi connectivity index (χ4n) is 1.82. The van der Waals surface area contributed by atoms with Gasteiger partial charge in [-0.25, -0.2) is 4.98 Å². The van der Waals surface area contributed by atoms with Crippen molar-refractivity contribution < 1.29 is 14.5 Å². The Bertz CT molecular complexity index is 577. The average Bonchev–Trinajstić information content (AvgIpc) is 2.71. The summed E-state index contributed by atoms with van der Waals surface area (Å²) >= 11 is 5.87. The van der Waals surface area contributed by atoms with E-state index in [-0.39, 0.29) is 35.4 Å². The lowest BCUT2D eigenvalue weighted by Crippen LogP contribution is -2.29. The first-order valence-electron chi connectivity index (χ1n) is 5.29. The molecule has 100 valence electrons. The number of pyridine rings is 1. The van der Waals surface area contributed by atoms with E-state index in [1.54, 1.807) is 0 Å². The lowest BCUT2D eigenvalue weighted by atomic mass is 10.1. The summed E-state index contributed by atoms with van der Waals surface area (Å²) < 4.78 is 0. The number of hydrogen-bond acceptors (Lipinski definition) is 5. The van der Waals surface area contributed by atoms with Crippen LogP contribution < -0.4 is 10.6 Å². The minimum absolute atomic E-state index is 0.00959. The molecule has 1 fully saturated rings. The van der Waals surface area contributed by atoms with E-state index in [4.69, 9.17) is 17.3 Å². The van der Waals surface area contributed by atoms with Crippen molar-refractivity contribution in [2.75, 3.05) is 11.4 Å². The van der Waals surface area contributed by atoms with E-state index >= 15 is 0 Å². The van der Waals surface area contributed by atoms with Crippen LogP contribution in [-0.2, 0) is 9.59 Å². The Morgan fingerprint density at radius 1 is 1.63 bits per heavy atom. The van der Waals surface area contributed by atoms with Gasteiger partial charge >= 0.3 is 0 Å². The number of nitrogens with zero attached hydrogens (tertiary/aromatic N) is 3. The minimum Gasteiger partial charge on any atom is -0.369 e. The summed E-state index contributed by atoms with van der Waals surface area (Å²) in [6.45, 7) is 0.0820. The third-order valence-corrected chi connectivity index (χ3v) is 3.08. The van der Waals surface area contributed by atoms with Crippen LogP contribution in [0.4, 0.5) is 11.5 Å². The maximum absolute atomic E-state index is 11.7. The third kappa shape index (κ3) is 2.48. The van der Waals surface area contributed by atoms with Gasteiger partial charge in [0.2, 0.25) is 11.8 Å². The molecule has 2 heterocycles. The minimum atomic E-state index is -0.638. The smallest absolute Gasteiger partial charge is 0.289 e. The number of primary amides is 1. The van der Waals surface area contributed by atoms with Crippen LogP contribution in [0.1, 0.15) is 6.42 Å². The van der Waals surface area contributed by atoms with Gasteiger partial charge in [0.15, 0.2) is 5.82 Å². The predicted octanol–water partition coefficient (Wildman–Crippen LogP) is 0.481. The van der Waals surface area contributed by atoms with Crippen LogP contribution in [0.25, 0.3) is 0 Å². The van der Waals surface area contributed by atoms with E-state index in [0.29, 0.717) is 0 Å². The molecule has 0 saturated carbocycles. The van der Waals surface area contributed by atoms with Crippen molar-refractivity contribution in [2.45, 2.75) is 6.42 Å². The van der Waals surface area contributed by atoms with Crippen LogP contribution in [0.2, 0.25) is 5.02 Å². The second-order valence-electron chi connectivity index (χ2n) is 4.06. The van der Waals surface area contributed by atoms with Crippen LogP contribution in [0.5, 0.6) is 0 Å². The van der Waals surface area contributed by atoms with E-state index in [0.717, 1.165) is 12.3 Å². The largest absolute Gasteiger partial charge is 0.369 e. The standard InChI is InChI=1S/C10H9ClN4O4/c11-7-2-6(15(18)19)3-13-10(7)14-4-5(9(12)17)1-8(14)16/h2-3,5H,1,4H2,(H2,12,17). The van der Waals surface area contributed by atoms with E-state index in [9.17, 15) is 19.7 Å². The Kier molecular flexibility index (Phi) is 3.34. The molecule has 1 aromatic heterocycles. The highest BCUT2D eigenvalue weighted by Gasteiger charge is 2.35. The summed E-state index contributed by atoms with van der Waals surface area (Å²) in [5.74, 6) is -1.41. The molecule has 0 aromatic carbocycles. The number of halogens is 1. The molecule has 2 rings (SSSR count). The fraction of sp³-hybridized carbons (Fsp3) is 0.300. The fourth-order valence-corrected chi connectivity index (χ4v) is 2.08. The summed E-state index contributed by atoms with van der Waals surface area (Å²) in [6.07, 6.45) is 0.996. The summed E-state index contributed by atoms with van der Waals surface area (Å²) in [6, 6.07) is 1.11. The Labute approximate surface area is 112 Å². The number of aromatic nitrogens is 1. The van der Waals surface area contributed by atoms with Gasteiger partial charge in [-0.05, 0) is 0 Å². The summed E-state index contributed by atoms with van der Waals surface area (Å²) in [5, 5.41) is 10.5. The first kappa shape index (κ1) is 13.2. The van der Waals surface area contributed by atoms with E-state index in [2.05, 4.69) is 4.98 Å². The third-order valence-electron chi connectivity index (χ3n) is 2.80. The van der Waals surface area contributed by atoms with Crippen molar-refractivity contribution in [2.24, 2.45) is 11.7 Å². The molecule has 2 amide bonds. The molecule has 0 aliphatic carbocycles. The first-order chi connectivity index (χ1) is 8.90. The molecule has 2 N–H and O–H groups in total. The van der Waals surface area contributed by atoms with Gasteiger partial charge in [0.05, 0.1) is 15.9 Å². The number of hydrogen-bond donors (Lipinski definition) is 1. The first-order valence-corrected chi connectivity index (χ1v) is 5.67. The highest BCUT2D eigenvalue weighted by molar-refractivity contribution is 6.33. The van der Waals surface area contributed by atoms with Crippen LogP contribution in [0, 0.1) is 16.0 Å². The molecule has 1 aliphatic rings. The molecular formula is C10H9ClN4O4. The highest BCUT2D eigenvalue weighted by atomic mass is 35.5. The van der Waals surface area contributed by atoms with E-state index in [1.165, 1.54) is 4.90 Å². The maximum atomic E-state index is 11.7. The van der Waals surface area contributed by atoms with Gasteiger partial charge in [0.25, 0.3) is 5.69 Å².